The van der Waals surface area contributed by atoms with Crippen LogP contribution in [-0.4, -0.2) is 26.2 Å². The van der Waals surface area contributed by atoms with Crippen molar-refractivity contribution in [1.29, 1.82) is 0 Å². The predicted octanol–water partition coefficient (Wildman–Crippen LogP) is 1.28. The van der Waals surface area contributed by atoms with Gasteiger partial charge in [-0.3, -0.25) is 0 Å². The second kappa shape index (κ2) is 11.6. The molecule has 0 radical (unpaired) electrons. The van der Waals surface area contributed by atoms with Crippen molar-refractivity contribution in [2.24, 2.45) is 46.6 Å². The quantitative estimate of drug-likeness (QED) is 0.429. The van der Waals surface area contributed by atoms with E-state index < -0.39 is 0 Å². The molecule has 0 aliphatic carbocycles. The van der Waals surface area contributed by atoms with Gasteiger partial charge in [0, 0.05) is 0 Å². The third-order valence-electron chi connectivity index (χ3n) is 4.49. The first-order valence-electron chi connectivity index (χ1n) is 7.95. The molecule has 19 heavy (non-hydrogen) atoms. The molecule has 4 atom stereocenters. The zero-order valence-corrected chi connectivity index (χ0v) is 13.0. The number of rotatable bonds is 12. The summed E-state index contributed by atoms with van der Waals surface area (Å²) in [5, 5.41) is 0. The van der Waals surface area contributed by atoms with Crippen molar-refractivity contribution in [3.05, 3.63) is 0 Å². The molecule has 0 fully saturated rings. The van der Waals surface area contributed by atoms with Crippen molar-refractivity contribution in [1.82, 2.24) is 0 Å². The van der Waals surface area contributed by atoms with Gasteiger partial charge in [-0.2, -0.15) is 0 Å². The SMILES string of the molecule is CCC(CN)CC(CN)CC(CN)CC(CC)CN. The van der Waals surface area contributed by atoms with Gasteiger partial charge in [-0.05, 0) is 69.1 Å². The molecular formula is C15H36N4. The van der Waals surface area contributed by atoms with Gasteiger partial charge in [0.25, 0.3) is 0 Å². The van der Waals surface area contributed by atoms with E-state index in [1.54, 1.807) is 0 Å². The van der Waals surface area contributed by atoms with Gasteiger partial charge in [0.2, 0.25) is 0 Å². The highest BCUT2D eigenvalue weighted by atomic mass is 14.6. The van der Waals surface area contributed by atoms with E-state index >= 15 is 0 Å². The first-order valence-corrected chi connectivity index (χ1v) is 7.95. The molecule has 0 aromatic rings. The van der Waals surface area contributed by atoms with Crippen LogP contribution in [0.5, 0.6) is 0 Å². The Hall–Kier alpha value is -0.160. The van der Waals surface area contributed by atoms with Crippen LogP contribution in [0.3, 0.4) is 0 Å². The number of hydrogen-bond donors (Lipinski definition) is 4. The second-order valence-corrected chi connectivity index (χ2v) is 5.93. The fraction of sp³-hybridized carbons (Fsp3) is 1.00. The van der Waals surface area contributed by atoms with Crippen molar-refractivity contribution in [2.45, 2.75) is 46.0 Å². The summed E-state index contributed by atoms with van der Waals surface area (Å²) in [7, 11) is 0. The minimum atomic E-state index is 0.553. The van der Waals surface area contributed by atoms with Gasteiger partial charge in [0.05, 0.1) is 0 Å². The average Bonchev–Trinajstić information content (AvgIpc) is 2.46. The molecule has 0 heterocycles. The Kier molecular flexibility index (Phi) is 11.6. The molecule has 0 amide bonds. The number of hydrogen-bond acceptors (Lipinski definition) is 4. The van der Waals surface area contributed by atoms with Gasteiger partial charge in [0.15, 0.2) is 0 Å². The molecule has 0 aromatic heterocycles. The lowest BCUT2D eigenvalue weighted by Crippen LogP contribution is -2.29. The summed E-state index contributed by atoms with van der Waals surface area (Å²) in [5.41, 5.74) is 23.4. The molecule has 0 spiro atoms. The fourth-order valence-corrected chi connectivity index (χ4v) is 2.85. The fourth-order valence-electron chi connectivity index (χ4n) is 2.85. The summed E-state index contributed by atoms with van der Waals surface area (Å²) in [6.07, 6.45) is 5.68. The lowest BCUT2D eigenvalue weighted by molar-refractivity contribution is 0.273. The molecule has 0 aliphatic rings. The van der Waals surface area contributed by atoms with Crippen LogP contribution < -0.4 is 22.9 Å². The van der Waals surface area contributed by atoms with Crippen LogP contribution in [0, 0.1) is 23.7 Å². The summed E-state index contributed by atoms with van der Waals surface area (Å²) >= 11 is 0. The van der Waals surface area contributed by atoms with Crippen molar-refractivity contribution in [2.75, 3.05) is 26.2 Å². The highest BCUT2D eigenvalue weighted by Gasteiger charge is 2.20. The van der Waals surface area contributed by atoms with E-state index in [0.717, 1.165) is 58.3 Å². The van der Waals surface area contributed by atoms with E-state index in [2.05, 4.69) is 13.8 Å². The lowest BCUT2D eigenvalue weighted by Gasteiger charge is -2.26. The molecule has 0 bridgehead atoms. The van der Waals surface area contributed by atoms with Gasteiger partial charge < -0.3 is 22.9 Å². The zero-order chi connectivity index (χ0) is 14.7. The van der Waals surface area contributed by atoms with E-state index in [-0.39, 0.29) is 0 Å². The van der Waals surface area contributed by atoms with Gasteiger partial charge in [-0.25, -0.2) is 0 Å². The second-order valence-electron chi connectivity index (χ2n) is 5.93. The maximum Gasteiger partial charge on any atom is -0.00486 e. The van der Waals surface area contributed by atoms with Crippen LogP contribution >= 0.6 is 0 Å². The third-order valence-corrected chi connectivity index (χ3v) is 4.49. The normalized spacial score (nSPS) is 18.0. The molecule has 0 aliphatic heterocycles. The van der Waals surface area contributed by atoms with Crippen LogP contribution in [0.15, 0.2) is 0 Å². The molecule has 4 unspecified atom stereocenters. The topological polar surface area (TPSA) is 104 Å². The summed E-state index contributed by atoms with van der Waals surface area (Å²) < 4.78 is 0. The molecule has 116 valence electrons. The van der Waals surface area contributed by atoms with E-state index in [1.165, 1.54) is 0 Å². The molecule has 4 heteroatoms. The van der Waals surface area contributed by atoms with Crippen LogP contribution in [0.2, 0.25) is 0 Å². The van der Waals surface area contributed by atoms with E-state index in [1.807, 2.05) is 0 Å². The lowest BCUT2D eigenvalue weighted by atomic mass is 9.82. The Morgan fingerprint density at radius 3 is 1.00 bits per heavy atom. The standard InChI is InChI=1S/C15H36N4/c1-3-12(8-16)5-14(10-18)7-15(11-19)6-13(4-2)9-17/h12-15H,3-11,16-19H2,1-2H3. The Balaban J connectivity index is 4.30. The van der Waals surface area contributed by atoms with E-state index in [9.17, 15) is 0 Å². The highest BCUT2D eigenvalue weighted by molar-refractivity contribution is 4.74. The summed E-state index contributed by atoms with van der Waals surface area (Å²) in [4.78, 5) is 0. The van der Waals surface area contributed by atoms with Gasteiger partial charge in [-0.1, -0.05) is 26.7 Å². The minimum Gasteiger partial charge on any atom is -0.330 e. The van der Waals surface area contributed by atoms with Crippen molar-refractivity contribution >= 4 is 0 Å². The Morgan fingerprint density at radius 1 is 0.526 bits per heavy atom. The van der Waals surface area contributed by atoms with Crippen LogP contribution in [-0.2, 0) is 0 Å². The number of nitrogens with two attached hydrogens (primary N) is 4. The smallest absolute Gasteiger partial charge is 0.00486 e. The maximum absolute atomic E-state index is 5.92. The Labute approximate surface area is 119 Å². The molecule has 8 N–H and O–H groups in total. The first kappa shape index (κ1) is 18.8. The average molecular weight is 272 g/mol. The van der Waals surface area contributed by atoms with Crippen molar-refractivity contribution < 1.29 is 0 Å². The van der Waals surface area contributed by atoms with E-state index in [4.69, 9.17) is 22.9 Å². The minimum absolute atomic E-state index is 0.553. The van der Waals surface area contributed by atoms with Gasteiger partial charge in [0.1, 0.15) is 0 Å². The molecule has 0 saturated carbocycles. The summed E-state index contributed by atoms with van der Waals surface area (Å²) in [6, 6.07) is 0. The molecule has 0 saturated heterocycles. The van der Waals surface area contributed by atoms with E-state index in [0.29, 0.717) is 23.7 Å². The molecule has 0 aromatic carbocycles. The van der Waals surface area contributed by atoms with Crippen LogP contribution in [0.25, 0.3) is 0 Å². The molecule has 0 rings (SSSR count). The predicted molar refractivity (Wildman–Crippen MR) is 84.6 cm³/mol. The summed E-state index contributed by atoms with van der Waals surface area (Å²) in [5.74, 6) is 2.31. The maximum atomic E-state index is 5.92. The largest absolute Gasteiger partial charge is 0.330 e. The van der Waals surface area contributed by atoms with Crippen molar-refractivity contribution in [3.63, 3.8) is 0 Å². The molecule has 4 nitrogen and oxygen atoms in total. The Bertz CT molecular complexity index is 171. The monoisotopic (exact) mass is 272 g/mol. The van der Waals surface area contributed by atoms with Crippen LogP contribution in [0.4, 0.5) is 0 Å². The van der Waals surface area contributed by atoms with Gasteiger partial charge in [-0.15, -0.1) is 0 Å². The first-order chi connectivity index (χ1) is 9.14. The Morgan fingerprint density at radius 2 is 0.789 bits per heavy atom. The highest BCUT2D eigenvalue weighted by Crippen LogP contribution is 2.25. The zero-order valence-electron chi connectivity index (χ0n) is 13.0. The third kappa shape index (κ3) is 7.88. The van der Waals surface area contributed by atoms with Gasteiger partial charge >= 0.3 is 0 Å². The molecular weight excluding hydrogens is 236 g/mol. The van der Waals surface area contributed by atoms with Crippen molar-refractivity contribution in [3.8, 4) is 0 Å². The van der Waals surface area contributed by atoms with Crippen LogP contribution in [0.1, 0.15) is 46.0 Å². The summed E-state index contributed by atoms with van der Waals surface area (Å²) in [6.45, 7) is 7.42.